The summed E-state index contributed by atoms with van der Waals surface area (Å²) in [5, 5.41) is 43.1. The van der Waals surface area contributed by atoms with Gasteiger partial charge in [0.2, 0.25) is 0 Å². The fourth-order valence-electron chi connectivity index (χ4n) is 7.58. The first-order valence-electron chi connectivity index (χ1n) is 19.1. The molecule has 0 bridgehead atoms. The second-order valence-electron chi connectivity index (χ2n) is 14.8. The third-order valence-electron chi connectivity index (χ3n) is 11.0. The van der Waals surface area contributed by atoms with Crippen molar-refractivity contribution >= 4 is 59.2 Å². The molecule has 7 rings (SSSR count). The zero-order valence-electron chi connectivity index (χ0n) is 31.9. The van der Waals surface area contributed by atoms with Gasteiger partial charge in [-0.3, -0.25) is 25.0 Å². The van der Waals surface area contributed by atoms with Gasteiger partial charge in [-0.15, -0.1) is 0 Å². The zero-order chi connectivity index (χ0) is 40.3. The third-order valence-corrected chi connectivity index (χ3v) is 14.5. The van der Waals surface area contributed by atoms with Crippen LogP contribution in [-0.2, 0) is 9.47 Å². The van der Waals surface area contributed by atoms with Crippen molar-refractivity contribution in [3.05, 3.63) is 126 Å². The van der Waals surface area contributed by atoms with Gasteiger partial charge < -0.3 is 34.9 Å². The van der Waals surface area contributed by atoms with Gasteiger partial charge in [-0.1, -0.05) is 25.2 Å². The molecule has 2 N–H and O–H groups in total. The summed E-state index contributed by atoms with van der Waals surface area (Å²) in [6.45, 7) is 10.0. The molecule has 0 unspecified atom stereocenters. The van der Waals surface area contributed by atoms with E-state index in [-0.39, 0.29) is 62.4 Å². The lowest BCUT2D eigenvalue weighted by Crippen LogP contribution is -2.50. The Morgan fingerprint density at radius 1 is 0.860 bits per heavy atom. The van der Waals surface area contributed by atoms with Crippen LogP contribution in [0.5, 0.6) is 0 Å². The minimum absolute atomic E-state index is 0.0166. The number of rotatable bonds is 16. The van der Waals surface area contributed by atoms with E-state index in [1.165, 1.54) is 46.0 Å². The fraction of sp³-hybridized carbons (Fsp3) is 0.341. The Morgan fingerprint density at radius 2 is 1.61 bits per heavy atom. The number of hydrogen-bond donors (Lipinski definition) is 2. The number of non-ortho nitro benzene ring substituents is 1. The lowest BCUT2D eigenvalue weighted by Gasteiger charge is -2.40. The number of benzene rings is 3. The van der Waals surface area contributed by atoms with Gasteiger partial charge in [-0.25, -0.2) is 4.58 Å². The van der Waals surface area contributed by atoms with E-state index in [1.54, 1.807) is 6.07 Å². The van der Waals surface area contributed by atoms with Gasteiger partial charge >= 0.3 is 0 Å². The van der Waals surface area contributed by atoms with Crippen LogP contribution in [0.1, 0.15) is 44.7 Å². The van der Waals surface area contributed by atoms with Crippen molar-refractivity contribution in [2.24, 2.45) is 0 Å². The first kappa shape index (κ1) is 39.3. The number of allylic oxidation sites excluding steroid dienone is 5. The second-order valence-corrected chi connectivity index (χ2v) is 19.1. The molecule has 0 atom stereocenters. The van der Waals surface area contributed by atoms with Crippen molar-refractivity contribution in [3.63, 3.8) is 0 Å². The van der Waals surface area contributed by atoms with Crippen molar-refractivity contribution in [3.8, 4) is 0 Å². The van der Waals surface area contributed by atoms with Crippen molar-refractivity contribution in [1.29, 1.82) is 0 Å². The van der Waals surface area contributed by atoms with Crippen LogP contribution in [0.25, 0.3) is 5.57 Å². The Kier molecular flexibility index (Phi) is 11.5. The van der Waals surface area contributed by atoms with Gasteiger partial charge in [0.15, 0.2) is 5.71 Å². The van der Waals surface area contributed by atoms with Crippen LogP contribution in [0.3, 0.4) is 0 Å². The number of nitro benzene ring substituents is 2. The summed E-state index contributed by atoms with van der Waals surface area (Å²) >= 11 is 0. The van der Waals surface area contributed by atoms with Crippen molar-refractivity contribution in [1.82, 2.24) is 5.32 Å². The van der Waals surface area contributed by atoms with Gasteiger partial charge in [0.1, 0.15) is 26.9 Å². The number of fused-ring (bicyclic) bond motifs is 2. The summed E-state index contributed by atoms with van der Waals surface area (Å²) in [7, 11) is -2.27. The van der Waals surface area contributed by atoms with Gasteiger partial charge in [0.25, 0.3) is 17.3 Å². The van der Waals surface area contributed by atoms with Crippen LogP contribution in [-0.4, -0.2) is 106 Å². The molecule has 15 nitrogen and oxygen atoms in total. The summed E-state index contributed by atoms with van der Waals surface area (Å²) in [5.41, 5.74) is 5.25. The predicted octanol–water partition coefficient (Wildman–Crippen LogP) is 3.58. The van der Waals surface area contributed by atoms with Gasteiger partial charge in [0.05, 0.1) is 54.7 Å². The van der Waals surface area contributed by atoms with Gasteiger partial charge in [-0.05, 0) is 75.5 Å². The number of carbonyl (C=O) groups is 2. The molecule has 2 fully saturated rings. The topological polar surface area (TPSA) is 192 Å². The first-order chi connectivity index (χ1) is 27.4. The molecule has 16 heteroatoms. The molecule has 0 spiro atoms. The number of nitro groups is 2. The molecule has 1 aliphatic carbocycles. The summed E-state index contributed by atoms with van der Waals surface area (Å²) in [6, 6.07) is 14.5. The minimum atomic E-state index is -2.27. The summed E-state index contributed by atoms with van der Waals surface area (Å²) in [4.78, 5) is 49.4. The SMILES string of the molecule is C[Si]1(C)C2=CC(=[N+]3CCC3)C=CC2=C(c2cc(C(=O)NCCOCCOCCNc3ccc([N+](=O)[O-])cc3[N+](=O)[O-])ccc2C(=O)[O-])c2ccc(N3CCC3)cc21. The molecule has 0 saturated carbocycles. The van der Waals surface area contributed by atoms with Crippen molar-refractivity contribution in [2.75, 3.05) is 75.9 Å². The molecule has 3 aromatic carbocycles. The molecule has 296 valence electrons. The maximum Gasteiger partial charge on any atom is 0.299 e. The molecule has 3 aromatic rings. The molecule has 3 aliphatic heterocycles. The van der Waals surface area contributed by atoms with Crippen molar-refractivity contribution in [2.45, 2.75) is 25.9 Å². The Bertz CT molecular complexity index is 2270. The van der Waals surface area contributed by atoms with E-state index in [0.717, 1.165) is 61.8 Å². The largest absolute Gasteiger partial charge is 0.545 e. The summed E-state index contributed by atoms with van der Waals surface area (Å²) in [6.07, 6.45) is 8.86. The first-order valence-corrected chi connectivity index (χ1v) is 22.1. The highest BCUT2D eigenvalue weighted by Crippen LogP contribution is 2.43. The quantitative estimate of drug-likeness (QED) is 0.0709. The van der Waals surface area contributed by atoms with E-state index >= 15 is 0 Å². The van der Waals surface area contributed by atoms with Crippen molar-refractivity contribution < 1.29 is 38.6 Å². The summed E-state index contributed by atoms with van der Waals surface area (Å²) in [5.74, 6) is -1.69. The third kappa shape index (κ3) is 8.14. The summed E-state index contributed by atoms with van der Waals surface area (Å²) < 4.78 is 13.5. The number of ether oxygens (including phenoxy) is 2. The standard InChI is InChI=1S/C41H44N6O9Si/c1-57(2)37-25-28(44-15-3-16-44)6-10-32(37)39(33-11-7-29(26-38(33)57)45-17-4-18-45)34-23-27(5-9-31(34)41(49)50)40(48)43-14-20-56-22-21-55-19-13-42-35-12-8-30(46(51)52)24-36(35)47(53)54/h5-12,23-26,42H,3-4,13-22H2,1-2H3,(H-,43,48,49,50). The number of amides is 1. The smallest absolute Gasteiger partial charge is 0.299 e. The molecule has 0 radical (unpaired) electrons. The average Bonchev–Trinajstić information content (AvgIpc) is 3.14. The molecular formula is C41H44N6O9Si. The fourth-order valence-corrected chi connectivity index (χ4v) is 10.7. The van der Waals surface area contributed by atoms with E-state index in [1.807, 2.05) is 0 Å². The monoisotopic (exact) mass is 792 g/mol. The molecule has 57 heavy (non-hydrogen) atoms. The van der Waals surface area contributed by atoms with Gasteiger partial charge in [0, 0.05) is 61.2 Å². The molecule has 2 saturated heterocycles. The van der Waals surface area contributed by atoms with E-state index in [4.69, 9.17) is 9.47 Å². The van der Waals surface area contributed by atoms with E-state index < -0.39 is 29.6 Å². The van der Waals surface area contributed by atoms with E-state index in [2.05, 4.69) is 69.6 Å². The Labute approximate surface area is 330 Å². The lowest BCUT2D eigenvalue weighted by atomic mass is 9.86. The number of aromatic carboxylic acids is 1. The normalized spacial score (nSPS) is 16.5. The Balaban J connectivity index is 1.01. The Hall–Kier alpha value is -5.97. The van der Waals surface area contributed by atoms with Crippen LogP contribution < -0.4 is 25.8 Å². The minimum Gasteiger partial charge on any atom is -0.545 e. The predicted molar refractivity (Wildman–Crippen MR) is 216 cm³/mol. The maximum atomic E-state index is 13.5. The molecule has 0 aromatic heterocycles. The van der Waals surface area contributed by atoms with Crippen LogP contribution in [0.2, 0.25) is 13.1 Å². The highest BCUT2D eigenvalue weighted by molar-refractivity contribution is 6.98. The highest BCUT2D eigenvalue weighted by Gasteiger charge is 2.41. The number of nitrogens with zero attached hydrogens (tertiary/aromatic N) is 4. The van der Waals surface area contributed by atoms with Crippen LogP contribution in [0.4, 0.5) is 22.7 Å². The van der Waals surface area contributed by atoms with Crippen LogP contribution in [0, 0.1) is 20.2 Å². The lowest BCUT2D eigenvalue weighted by molar-refractivity contribution is -0.582. The average molecular weight is 793 g/mol. The number of carboxylic acid groups (broad SMARTS) is 1. The molecular weight excluding hydrogens is 749 g/mol. The highest BCUT2D eigenvalue weighted by atomic mass is 28.3. The zero-order valence-corrected chi connectivity index (χ0v) is 32.9. The molecule has 1 amide bonds. The number of carboxylic acids is 1. The number of nitrogens with one attached hydrogen (secondary N) is 2. The number of carbonyl (C=O) groups excluding carboxylic acids is 2. The van der Waals surface area contributed by atoms with Crippen LogP contribution >= 0.6 is 0 Å². The maximum absolute atomic E-state index is 13.5. The number of hydrogen-bond acceptors (Lipinski definition) is 11. The number of anilines is 2. The molecule has 3 heterocycles. The van der Waals surface area contributed by atoms with Crippen LogP contribution in [0.15, 0.2) is 83.6 Å². The van der Waals surface area contributed by atoms with E-state index in [0.29, 0.717) is 11.1 Å². The van der Waals surface area contributed by atoms with Gasteiger partial charge in [-0.2, -0.15) is 0 Å². The second kappa shape index (κ2) is 16.6. The van der Waals surface area contributed by atoms with E-state index in [9.17, 15) is 34.9 Å². The molecule has 4 aliphatic rings. The Morgan fingerprint density at radius 3 is 2.26 bits per heavy atom.